The van der Waals surface area contributed by atoms with Gasteiger partial charge in [0.1, 0.15) is 5.75 Å². The number of hydrogen-bond acceptors (Lipinski definition) is 2. The van der Waals surface area contributed by atoms with E-state index in [4.69, 9.17) is 4.74 Å². The number of carbonyl (C=O) groups is 1. The first-order chi connectivity index (χ1) is 12.1. The Hall–Kier alpha value is -1.81. The summed E-state index contributed by atoms with van der Waals surface area (Å²) in [5.74, 6) is 1.61. The van der Waals surface area contributed by atoms with Crippen LogP contribution >= 0.6 is 15.9 Å². The van der Waals surface area contributed by atoms with E-state index in [1.54, 1.807) is 7.11 Å². The Labute approximate surface area is 157 Å². The van der Waals surface area contributed by atoms with Gasteiger partial charge in [-0.15, -0.1) is 0 Å². The summed E-state index contributed by atoms with van der Waals surface area (Å²) in [6, 6.07) is 16.5. The molecule has 130 valence electrons. The Morgan fingerprint density at radius 3 is 2.60 bits per heavy atom. The molecule has 2 aromatic rings. The van der Waals surface area contributed by atoms with Crippen molar-refractivity contribution in [3.63, 3.8) is 0 Å². The van der Waals surface area contributed by atoms with E-state index in [0.29, 0.717) is 11.8 Å². The lowest BCUT2D eigenvalue weighted by molar-refractivity contribution is -0.132. The van der Waals surface area contributed by atoms with Crippen LogP contribution in [0.2, 0.25) is 0 Å². The minimum absolute atomic E-state index is 0.279. The van der Waals surface area contributed by atoms with Gasteiger partial charge in [0.15, 0.2) is 0 Å². The van der Waals surface area contributed by atoms with Gasteiger partial charge in [0.2, 0.25) is 5.91 Å². The Morgan fingerprint density at radius 2 is 1.96 bits per heavy atom. The molecule has 1 atom stereocenters. The van der Waals surface area contributed by atoms with E-state index >= 15 is 0 Å². The number of likely N-dealkylation sites (tertiary alicyclic amines) is 1. The summed E-state index contributed by atoms with van der Waals surface area (Å²) < 4.78 is 6.28. The second-order valence-corrected chi connectivity index (χ2v) is 8.02. The van der Waals surface area contributed by atoms with Gasteiger partial charge in [-0.25, -0.2) is 0 Å². The van der Waals surface area contributed by atoms with Gasteiger partial charge in [-0.05, 0) is 54.7 Å². The quantitative estimate of drug-likeness (QED) is 0.756. The SMILES string of the molecule is COc1ccc(C2CCN(C(=O)C3(c4cccc(Br)c4)CC3)C2)cc1. The highest BCUT2D eigenvalue weighted by molar-refractivity contribution is 9.10. The predicted molar refractivity (Wildman–Crippen MR) is 102 cm³/mol. The van der Waals surface area contributed by atoms with Crippen molar-refractivity contribution < 1.29 is 9.53 Å². The van der Waals surface area contributed by atoms with Crippen molar-refractivity contribution in [3.8, 4) is 5.75 Å². The molecule has 4 rings (SSSR count). The molecule has 0 radical (unpaired) electrons. The van der Waals surface area contributed by atoms with Crippen LogP contribution in [0.25, 0.3) is 0 Å². The van der Waals surface area contributed by atoms with Crippen LogP contribution in [-0.4, -0.2) is 31.0 Å². The second kappa shape index (κ2) is 6.49. The van der Waals surface area contributed by atoms with E-state index in [1.807, 2.05) is 24.3 Å². The molecule has 0 spiro atoms. The number of methoxy groups -OCH3 is 1. The Balaban J connectivity index is 1.48. The first-order valence-electron chi connectivity index (χ1n) is 8.82. The molecule has 1 amide bonds. The summed E-state index contributed by atoms with van der Waals surface area (Å²) >= 11 is 3.53. The zero-order valence-electron chi connectivity index (χ0n) is 14.4. The van der Waals surface area contributed by atoms with Crippen LogP contribution in [0.1, 0.15) is 36.3 Å². The lowest BCUT2D eigenvalue weighted by Gasteiger charge is -2.24. The maximum Gasteiger partial charge on any atom is 0.233 e. The van der Waals surface area contributed by atoms with Crippen molar-refractivity contribution in [3.05, 3.63) is 64.1 Å². The van der Waals surface area contributed by atoms with Crippen LogP contribution in [0.5, 0.6) is 5.75 Å². The molecule has 1 aliphatic carbocycles. The van der Waals surface area contributed by atoms with E-state index in [9.17, 15) is 4.79 Å². The Bertz CT molecular complexity index is 783. The largest absolute Gasteiger partial charge is 0.497 e. The number of amides is 1. The smallest absolute Gasteiger partial charge is 0.233 e. The van der Waals surface area contributed by atoms with Crippen molar-refractivity contribution >= 4 is 21.8 Å². The number of ether oxygens (including phenoxy) is 1. The van der Waals surface area contributed by atoms with Gasteiger partial charge in [0, 0.05) is 23.5 Å². The van der Waals surface area contributed by atoms with Crippen LogP contribution in [0.15, 0.2) is 53.0 Å². The Kier molecular flexibility index (Phi) is 4.32. The molecule has 1 saturated carbocycles. The summed E-state index contributed by atoms with van der Waals surface area (Å²) in [6.07, 6.45) is 2.96. The second-order valence-electron chi connectivity index (χ2n) is 7.10. The average molecular weight is 400 g/mol. The number of benzene rings is 2. The normalized spacial score (nSPS) is 21.2. The van der Waals surface area contributed by atoms with Gasteiger partial charge in [0.05, 0.1) is 12.5 Å². The van der Waals surface area contributed by atoms with Gasteiger partial charge in [0.25, 0.3) is 0 Å². The molecule has 2 aliphatic rings. The van der Waals surface area contributed by atoms with Crippen LogP contribution < -0.4 is 4.74 Å². The van der Waals surface area contributed by atoms with Gasteiger partial charge in [-0.3, -0.25) is 4.79 Å². The van der Waals surface area contributed by atoms with Crippen molar-refractivity contribution in [1.29, 1.82) is 0 Å². The molecule has 1 aliphatic heterocycles. The van der Waals surface area contributed by atoms with E-state index in [2.05, 4.69) is 45.1 Å². The van der Waals surface area contributed by atoms with Crippen molar-refractivity contribution in [2.24, 2.45) is 0 Å². The van der Waals surface area contributed by atoms with Gasteiger partial charge in [-0.1, -0.05) is 40.2 Å². The lowest BCUT2D eigenvalue weighted by atomic mass is 9.94. The molecule has 3 nitrogen and oxygen atoms in total. The highest BCUT2D eigenvalue weighted by Crippen LogP contribution is 2.50. The fraction of sp³-hybridized carbons (Fsp3) is 0.381. The highest BCUT2D eigenvalue weighted by atomic mass is 79.9. The van der Waals surface area contributed by atoms with Crippen LogP contribution in [-0.2, 0) is 10.2 Å². The van der Waals surface area contributed by atoms with Gasteiger partial charge in [-0.2, -0.15) is 0 Å². The predicted octanol–water partition coefficient (Wildman–Crippen LogP) is 4.51. The zero-order chi connectivity index (χ0) is 17.4. The monoisotopic (exact) mass is 399 g/mol. The molecule has 0 aromatic heterocycles. The molecule has 1 unspecified atom stereocenters. The topological polar surface area (TPSA) is 29.5 Å². The third-order valence-corrected chi connectivity index (χ3v) is 6.09. The summed E-state index contributed by atoms with van der Waals surface area (Å²) in [5, 5.41) is 0. The number of nitrogens with zero attached hydrogens (tertiary/aromatic N) is 1. The molecule has 0 N–H and O–H groups in total. The van der Waals surface area contributed by atoms with Crippen molar-refractivity contribution in [2.45, 2.75) is 30.6 Å². The minimum Gasteiger partial charge on any atom is -0.497 e. The summed E-state index contributed by atoms with van der Waals surface area (Å²) in [5.41, 5.74) is 2.17. The number of carbonyl (C=O) groups excluding carboxylic acids is 1. The Morgan fingerprint density at radius 1 is 1.20 bits per heavy atom. The first kappa shape index (κ1) is 16.6. The first-order valence-corrected chi connectivity index (χ1v) is 9.61. The fourth-order valence-corrected chi connectivity index (χ4v) is 4.33. The molecular weight excluding hydrogens is 378 g/mol. The average Bonchev–Trinajstić information content (AvgIpc) is 3.31. The van der Waals surface area contributed by atoms with Crippen LogP contribution in [0.4, 0.5) is 0 Å². The maximum atomic E-state index is 13.2. The van der Waals surface area contributed by atoms with Crippen LogP contribution in [0.3, 0.4) is 0 Å². The molecule has 4 heteroatoms. The van der Waals surface area contributed by atoms with E-state index in [0.717, 1.165) is 48.1 Å². The number of rotatable bonds is 4. The minimum atomic E-state index is -0.279. The molecule has 2 fully saturated rings. The molecular formula is C21H22BrNO2. The molecule has 1 saturated heterocycles. The third kappa shape index (κ3) is 3.08. The van der Waals surface area contributed by atoms with Crippen molar-refractivity contribution in [1.82, 2.24) is 4.90 Å². The van der Waals surface area contributed by atoms with Crippen molar-refractivity contribution in [2.75, 3.05) is 20.2 Å². The highest BCUT2D eigenvalue weighted by Gasteiger charge is 2.53. The zero-order valence-corrected chi connectivity index (χ0v) is 16.0. The summed E-state index contributed by atoms with van der Waals surface area (Å²) in [7, 11) is 1.68. The molecule has 0 bridgehead atoms. The number of hydrogen-bond donors (Lipinski definition) is 0. The number of halogens is 1. The summed E-state index contributed by atoms with van der Waals surface area (Å²) in [4.78, 5) is 15.3. The third-order valence-electron chi connectivity index (χ3n) is 5.60. The van der Waals surface area contributed by atoms with E-state index < -0.39 is 0 Å². The van der Waals surface area contributed by atoms with E-state index in [1.165, 1.54) is 5.56 Å². The van der Waals surface area contributed by atoms with E-state index in [-0.39, 0.29) is 5.41 Å². The molecule has 1 heterocycles. The summed E-state index contributed by atoms with van der Waals surface area (Å²) in [6.45, 7) is 1.67. The van der Waals surface area contributed by atoms with Crippen LogP contribution in [0, 0.1) is 0 Å². The lowest BCUT2D eigenvalue weighted by Crippen LogP contribution is -2.37. The fourth-order valence-electron chi connectivity index (χ4n) is 3.93. The van der Waals surface area contributed by atoms with Gasteiger partial charge < -0.3 is 9.64 Å². The van der Waals surface area contributed by atoms with Gasteiger partial charge >= 0.3 is 0 Å². The maximum absolute atomic E-state index is 13.2. The molecule has 2 aromatic carbocycles. The molecule has 25 heavy (non-hydrogen) atoms. The standard InChI is InChI=1S/C21H22BrNO2/c1-25-19-7-5-15(6-8-19)16-9-12-23(14-16)20(24)21(10-11-21)17-3-2-4-18(22)13-17/h2-8,13,16H,9-12,14H2,1H3.